The number of hydrogen-bond acceptors (Lipinski definition) is 3. The average molecular weight is 190 g/mol. The highest BCUT2D eigenvalue weighted by atomic mass is 32.2. The predicted octanol–water partition coefficient (Wildman–Crippen LogP) is -0.632. The quantitative estimate of drug-likeness (QED) is 0.598. The van der Waals surface area contributed by atoms with E-state index in [2.05, 4.69) is 0 Å². The van der Waals surface area contributed by atoms with Crippen molar-refractivity contribution in [1.29, 1.82) is 0 Å². The molecular formula is C7H14N2O2S. The second kappa shape index (κ2) is 2.43. The van der Waals surface area contributed by atoms with E-state index in [1.807, 2.05) is 0 Å². The summed E-state index contributed by atoms with van der Waals surface area (Å²) in [5, 5.41) is 0. The van der Waals surface area contributed by atoms with Crippen LogP contribution in [0.4, 0.5) is 0 Å². The number of nitrogens with two attached hydrogens (primary N) is 1. The zero-order chi connectivity index (χ0) is 8.93. The molecule has 2 bridgehead atoms. The Labute approximate surface area is 72.8 Å². The fourth-order valence-corrected chi connectivity index (χ4v) is 3.62. The van der Waals surface area contributed by atoms with Crippen molar-refractivity contribution in [1.82, 2.24) is 4.31 Å². The second-order valence-corrected chi connectivity index (χ2v) is 5.84. The molecular weight excluding hydrogens is 176 g/mol. The predicted molar refractivity (Wildman–Crippen MR) is 46.0 cm³/mol. The van der Waals surface area contributed by atoms with Gasteiger partial charge in [-0.3, -0.25) is 0 Å². The van der Waals surface area contributed by atoms with Crippen molar-refractivity contribution in [3.05, 3.63) is 0 Å². The van der Waals surface area contributed by atoms with Gasteiger partial charge >= 0.3 is 0 Å². The molecule has 2 N–H and O–H groups in total. The summed E-state index contributed by atoms with van der Waals surface area (Å²) in [5.41, 5.74) is 5.80. The maximum absolute atomic E-state index is 11.2. The van der Waals surface area contributed by atoms with E-state index in [1.165, 1.54) is 6.26 Å². The standard InChI is InChI=1S/C7H14N2O2S/c1-12(10,11)9-4-5-2-6(8)7(9)3-5/h5-7H,2-4,8H2,1H3. The van der Waals surface area contributed by atoms with Crippen molar-refractivity contribution >= 4 is 10.0 Å². The minimum atomic E-state index is -3.01. The van der Waals surface area contributed by atoms with Gasteiger partial charge in [0.15, 0.2) is 0 Å². The van der Waals surface area contributed by atoms with E-state index in [1.54, 1.807) is 4.31 Å². The van der Waals surface area contributed by atoms with Crippen LogP contribution in [0.2, 0.25) is 0 Å². The maximum Gasteiger partial charge on any atom is 0.211 e. The lowest BCUT2D eigenvalue weighted by Crippen LogP contribution is -2.47. The van der Waals surface area contributed by atoms with Gasteiger partial charge in [0, 0.05) is 18.6 Å². The number of rotatable bonds is 1. The van der Waals surface area contributed by atoms with Gasteiger partial charge in [-0.1, -0.05) is 0 Å². The summed E-state index contributed by atoms with van der Waals surface area (Å²) < 4.78 is 24.0. The van der Waals surface area contributed by atoms with Gasteiger partial charge in [-0.25, -0.2) is 8.42 Å². The lowest BCUT2D eigenvalue weighted by molar-refractivity contribution is 0.304. The summed E-state index contributed by atoms with van der Waals surface area (Å²) in [6, 6.07) is 0.156. The van der Waals surface area contributed by atoms with Crippen molar-refractivity contribution in [3.8, 4) is 0 Å². The lowest BCUT2D eigenvalue weighted by Gasteiger charge is -2.28. The largest absolute Gasteiger partial charge is 0.326 e. The molecule has 70 valence electrons. The number of piperidine rings is 1. The van der Waals surface area contributed by atoms with Crippen LogP contribution in [0, 0.1) is 5.92 Å². The SMILES string of the molecule is CS(=O)(=O)N1CC2CC(N)C1C2. The lowest BCUT2D eigenvalue weighted by atomic mass is 10.1. The third-order valence-electron chi connectivity index (χ3n) is 2.91. The van der Waals surface area contributed by atoms with E-state index in [0.29, 0.717) is 12.5 Å². The van der Waals surface area contributed by atoms with Crippen LogP contribution >= 0.6 is 0 Å². The van der Waals surface area contributed by atoms with Crippen molar-refractivity contribution in [2.75, 3.05) is 12.8 Å². The first kappa shape index (κ1) is 8.47. The van der Waals surface area contributed by atoms with E-state index in [4.69, 9.17) is 5.73 Å². The summed E-state index contributed by atoms with van der Waals surface area (Å²) in [5.74, 6) is 0.514. The third-order valence-corrected chi connectivity index (χ3v) is 4.18. The molecule has 3 atom stereocenters. The van der Waals surface area contributed by atoms with Crippen LogP contribution in [-0.2, 0) is 10.0 Å². The Bertz CT molecular complexity index is 288. The first-order chi connectivity index (χ1) is 5.48. The Morgan fingerprint density at radius 2 is 2.08 bits per heavy atom. The molecule has 1 aliphatic carbocycles. The van der Waals surface area contributed by atoms with E-state index < -0.39 is 10.0 Å². The Morgan fingerprint density at radius 1 is 1.42 bits per heavy atom. The molecule has 0 spiro atoms. The van der Waals surface area contributed by atoms with Crippen molar-refractivity contribution in [2.24, 2.45) is 11.7 Å². The van der Waals surface area contributed by atoms with E-state index in [-0.39, 0.29) is 12.1 Å². The molecule has 12 heavy (non-hydrogen) atoms. The molecule has 2 aliphatic rings. The van der Waals surface area contributed by atoms with Crippen LogP contribution < -0.4 is 5.73 Å². The Hall–Kier alpha value is -0.130. The molecule has 0 radical (unpaired) electrons. The van der Waals surface area contributed by atoms with Gasteiger partial charge in [0.05, 0.1) is 6.26 Å². The van der Waals surface area contributed by atoms with Crippen LogP contribution in [0.25, 0.3) is 0 Å². The van der Waals surface area contributed by atoms with Gasteiger partial charge < -0.3 is 5.73 Å². The highest BCUT2D eigenvalue weighted by molar-refractivity contribution is 7.88. The van der Waals surface area contributed by atoms with Crippen molar-refractivity contribution < 1.29 is 8.42 Å². The molecule has 1 saturated heterocycles. The highest BCUT2D eigenvalue weighted by Gasteiger charge is 2.46. The highest BCUT2D eigenvalue weighted by Crippen LogP contribution is 2.37. The maximum atomic E-state index is 11.2. The fourth-order valence-electron chi connectivity index (χ4n) is 2.41. The number of fused-ring (bicyclic) bond motifs is 2. The summed E-state index contributed by atoms with van der Waals surface area (Å²) in [6.07, 6.45) is 3.23. The molecule has 1 aliphatic heterocycles. The summed E-state index contributed by atoms with van der Waals surface area (Å²) in [6.45, 7) is 0.692. The normalized spacial score (nSPS) is 42.3. The molecule has 1 heterocycles. The third kappa shape index (κ3) is 1.16. The van der Waals surface area contributed by atoms with Crippen LogP contribution in [-0.4, -0.2) is 37.6 Å². The van der Waals surface area contributed by atoms with Gasteiger partial charge in [-0.15, -0.1) is 0 Å². The molecule has 2 fully saturated rings. The van der Waals surface area contributed by atoms with Crippen LogP contribution in [0.5, 0.6) is 0 Å². The number of hydrogen-bond donors (Lipinski definition) is 1. The van der Waals surface area contributed by atoms with Gasteiger partial charge in [0.1, 0.15) is 0 Å². The Kier molecular flexibility index (Phi) is 1.72. The van der Waals surface area contributed by atoms with E-state index >= 15 is 0 Å². The number of nitrogens with zero attached hydrogens (tertiary/aromatic N) is 1. The molecule has 0 aromatic heterocycles. The van der Waals surface area contributed by atoms with Gasteiger partial charge in [0.25, 0.3) is 0 Å². The van der Waals surface area contributed by atoms with Crippen molar-refractivity contribution in [2.45, 2.75) is 24.9 Å². The molecule has 4 nitrogen and oxygen atoms in total. The molecule has 0 amide bonds. The Morgan fingerprint density at radius 3 is 2.42 bits per heavy atom. The minimum absolute atomic E-state index is 0.0680. The summed E-state index contributed by atoms with van der Waals surface area (Å²) in [7, 11) is -3.01. The monoisotopic (exact) mass is 190 g/mol. The molecule has 1 saturated carbocycles. The van der Waals surface area contributed by atoms with Gasteiger partial charge in [-0.05, 0) is 18.8 Å². The van der Waals surface area contributed by atoms with Crippen LogP contribution in [0.15, 0.2) is 0 Å². The number of sulfonamides is 1. The molecule has 2 rings (SSSR count). The zero-order valence-electron chi connectivity index (χ0n) is 7.10. The summed E-state index contributed by atoms with van der Waals surface area (Å²) in [4.78, 5) is 0. The molecule has 0 aromatic rings. The first-order valence-electron chi connectivity index (χ1n) is 4.21. The van der Waals surface area contributed by atoms with E-state index in [0.717, 1.165) is 12.8 Å². The summed E-state index contributed by atoms with van der Waals surface area (Å²) >= 11 is 0. The average Bonchev–Trinajstić information content (AvgIpc) is 2.41. The molecule has 0 aromatic carbocycles. The smallest absolute Gasteiger partial charge is 0.211 e. The fraction of sp³-hybridized carbons (Fsp3) is 1.00. The van der Waals surface area contributed by atoms with Crippen molar-refractivity contribution in [3.63, 3.8) is 0 Å². The molecule has 3 unspecified atom stereocenters. The Balaban J connectivity index is 2.23. The van der Waals surface area contributed by atoms with Crippen LogP contribution in [0.3, 0.4) is 0 Å². The minimum Gasteiger partial charge on any atom is -0.326 e. The molecule has 5 heteroatoms. The van der Waals surface area contributed by atoms with E-state index in [9.17, 15) is 8.42 Å². The second-order valence-electron chi connectivity index (χ2n) is 3.90. The zero-order valence-corrected chi connectivity index (χ0v) is 7.92. The first-order valence-corrected chi connectivity index (χ1v) is 6.05. The topological polar surface area (TPSA) is 63.4 Å². The van der Waals surface area contributed by atoms with Crippen LogP contribution in [0.1, 0.15) is 12.8 Å². The van der Waals surface area contributed by atoms with Gasteiger partial charge in [0.2, 0.25) is 10.0 Å². The van der Waals surface area contributed by atoms with Gasteiger partial charge in [-0.2, -0.15) is 4.31 Å².